The summed E-state index contributed by atoms with van der Waals surface area (Å²) in [5.74, 6) is -0.288. The molecule has 0 radical (unpaired) electrons. The second-order valence-electron chi connectivity index (χ2n) is 6.93. The Balaban J connectivity index is 1.57. The molecule has 0 unspecified atom stereocenters. The molecule has 0 saturated carbocycles. The highest BCUT2D eigenvalue weighted by atomic mass is 32.1. The molecule has 1 aliphatic rings. The zero-order chi connectivity index (χ0) is 19.6. The van der Waals surface area contributed by atoms with Crippen molar-refractivity contribution in [3.63, 3.8) is 0 Å². The molecule has 5 rings (SSSR count). The summed E-state index contributed by atoms with van der Waals surface area (Å²) in [6.07, 6.45) is 6.96. The van der Waals surface area contributed by atoms with Crippen LogP contribution in [0.25, 0.3) is 27.7 Å². The minimum Gasteiger partial charge on any atom is -0.377 e. The summed E-state index contributed by atoms with van der Waals surface area (Å²) in [7, 11) is 0. The lowest BCUT2D eigenvalue weighted by atomic mass is 9.97. The molecule has 0 saturated heterocycles. The number of rotatable bonds is 4. The molecule has 3 heterocycles. The zero-order valence-electron chi connectivity index (χ0n) is 15.6. The van der Waals surface area contributed by atoms with Gasteiger partial charge >= 0.3 is 0 Å². The minimum atomic E-state index is -0.288. The van der Waals surface area contributed by atoms with Gasteiger partial charge < -0.3 is 4.74 Å². The van der Waals surface area contributed by atoms with Crippen LogP contribution in [-0.4, -0.2) is 28.2 Å². The molecular formula is C23H18FN3OS. The first kappa shape index (κ1) is 18.1. The van der Waals surface area contributed by atoms with Crippen molar-refractivity contribution in [2.75, 3.05) is 13.2 Å². The number of halogens is 1. The third kappa shape index (κ3) is 3.69. The van der Waals surface area contributed by atoms with E-state index in [1.54, 1.807) is 23.6 Å². The van der Waals surface area contributed by atoms with Crippen LogP contribution in [0.3, 0.4) is 0 Å². The number of benzene rings is 2. The molecule has 2 aromatic carbocycles. The molecule has 0 bridgehead atoms. The summed E-state index contributed by atoms with van der Waals surface area (Å²) >= 11 is 1.60. The Kier molecular flexibility index (Phi) is 4.87. The molecule has 0 fully saturated rings. The predicted molar refractivity (Wildman–Crippen MR) is 113 cm³/mol. The summed E-state index contributed by atoms with van der Waals surface area (Å²) in [5.41, 5.74) is 5.31. The number of nitrogens with zero attached hydrogens (tertiary/aromatic N) is 3. The molecule has 29 heavy (non-hydrogen) atoms. The van der Waals surface area contributed by atoms with E-state index in [1.807, 2.05) is 17.5 Å². The molecule has 0 atom stereocenters. The molecule has 0 amide bonds. The number of fused-ring (bicyclic) bond motifs is 1. The summed E-state index contributed by atoms with van der Waals surface area (Å²) in [6.45, 7) is 1.37. The smallest absolute Gasteiger partial charge is 0.132 e. The van der Waals surface area contributed by atoms with Crippen LogP contribution in [-0.2, 0) is 11.2 Å². The highest BCUT2D eigenvalue weighted by Crippen LogP contribution is 2.31. The zero-order valence-corrected chi connectivity index (χ0v) is 16.5. The van der Waals surface area contributed by atoms with Gasteiger partial charge in [0.1, 0.15) is 12.1 Å². The fraction of sp³-hybridized carbons (Fsp3) is 0.174. The number of hydrogen-bond donors (Lipinski definition) is 0. The highest BCUT2D eigenvalue weighted by molar-refractivity contribution is 7.09. The molecule has 2 aromatic heterocycles. The summed E-state index contributed by atoms with van der Waals surface area (Å²) < 4.78 is 20.1. The predicted octanol–water partition coefficient (Wildman–Crippen LogP) is 5.29. The lowest BCUT2D eigenvalue weighted by molar-refractivity contribution is 0.161. The van der Waals surface area contributed by atoms with Gasteiger partial charge in [0.05, 0.1) is 29.4 Å². The average Bonchev–Trinajstić information content (AvgIpc) is 3.28. The van der Waals surface area contributed by atoms with Gasteiger partial charge in [-0.15, -0.1) is 11.3 Å². The van der Waals surface area contributed by atoms with Gasteiger partial charge in [-0.3, -0.25) is 0 Å². The van der Waals surface area contributed by atoms with Crippen LogP contribution in [0.5, 0.6) is 0 Å². The molecule has 4 nitrogen and oxygen atoms in total. The van der Waals surface area contributed by atoms with Crippen LogP contribution < -0.4 is 0 Å². The largest absolute Gasteiger partial charge is 0.377 e. The molecule has 0 spiro atoms. The third-order valence-electron chi connectivity index (χ3n) is 5.10. The quantitative estimate of drug-likeness (QED) is 0.465. The van der Waals surface area contributed by atoms with Crippen molar-refractivity contribution >= 4 is 27.8 Å². The fourth-order valence-electron chi connectivity index (χ4n) is 3.64. The first-order chi connectivity index (χ1) is 14.3. The van der Waals surface area contributed by atoms with Gasteiger partial charge in [-0.05, 0) is 41.3 Å². The monoisotopic (exact) mass is 403 g/mol. The van der Waals surface area contributed by atoms with Crippen LogP contribution in [0.4, 0.5) is 4.39 Å². The maximum absolute atomic E-state index is 14.7. The van der Waals surface area contributed by atoms with Crippen molar-refractivity contribution in [3.05, 3.63) is 82.3 Å². The van der Waals surface area contributed by atoms with Crippen molar-refractivity contribution in [3.8, 4) is 11.3 Å². The second kappa shape index (κ2) is 7.81. The van der Waals surface area contributed by atoms with E-state index in [1.165, 1.54) is 18.0 Å². The van der Waals surface area contributed by atoms with Gasteiger partial charge in [-0.25, -0.2) is 19.3 Å². The van der Waals surface area contributed by atoms with E-state index >= 15 is 0 Å². The number of thiazole rings is 1. The molecule has 1 aliphatic heterocycles. The molecule has 6 heteroatoms. The first-order valence-electron chi connectivity index (χ1n) is 9.47. The van der Waals surface area contributed by atoms with E-state index in [0.29, 0.717) is 24.3 Å². The van der Waals surface area contributed by atoms with E-state index in [9.17, 15) is 4.39 Å². The van der Waals surface area contributed by atoms with E-state index in [-0.39, 0.29) is 5.82 Å². The van der Waals surface area contributed by atoms with Crippen molar-refractivity contribution in [1.29, 1.82) is 0 Å². The standard InChI is InChI=1S/C23H18FN3OS/c24-20-4-1-15(12-22-25-7-10-29-22)11-19(20)23-18-3-2-17(13-21(18)26-14-27-23)16-5-8-28-9-6-16/h1-5,7,10-11,13-14H,6,8-9,12H2. The maximum atomic E-state index is 14.7. The lowest BCUT2D eigenvalue weighted by Gasteiger charge is -2.14. The van der Waals surface area contributed by atoms with E-state index < -0.39 is 0 Å². The Morgan fingerprint density at radius 3 is 2.86 bits per heavy atom. The van der Waals surface area contributed by atoms with Crippen molar-refractivity contribution in [2.24, 2.45) is 0 Å². The Labute approximate surface area is 171 Å². The van der Waals surface area contributed by atoms with Crippen LogP contribution in [0.15, 0.2) is 60.4 Å². The van der Waals surface area contributed by atoms with Gasteiger partial charge in [0.25, 0.3) is 0 Å². The van der Waals surface area contributed by atoms with Gasteiger partial charge in [0, 0.05) is 28.9 Å². The fourth-order valence-corrected chi connectivity index (χ4v) is 4.29. The molecule has 0 N–H and O–H groups in total. The van der Waals surface area contributed by atoms with Crippen LogP contribution >= 0.6 is 11.3 Å². The van der Waals surface area contributed by atoms with Gasteiger partial charge in [-0.2, -0.15) is 0 Å². The summed E-state index contributed by atoms with van der Waals surface area (Å²) in [5, 5.41) is 3.79. The Morgan fingerprint density at radius 2 is 2.03 bits per heavy atom. The van der Waals surface area contributed by atoms with Crippen LogP contribution in [0.2, 0.25) is 0 Å². The third-order valence-corrected chi connectivity index (χ3v) is 5.87. The average molecular weight is 403 g/mol. The van der Waals surface area contributed by atoms with E-state index in [2.05, 4.69) is 33.2 Å². The SMILES string of the molecule is Fc1ccc(Cc2nccs2)cc1-c1ncnc2cc(C3=CCOCC3)ccc12. The highest BCUT2D eigenvalue weighted by Gasteiger charge is 2.14. The molecule has 4 aromatic rings. The van der Waals surface area contributed by atoms with Crippen LogP contribution in [0, 0.1) is 5.82 Å². The van der Waals surface area contributed by atoms with Crippen molar-refractivity contribution in [2.45, 2.75) is 12.8 Å². The van der Waals surface area contributed by atoms with Gasteiger partial charge in [0.2, 0.25) is 0 Å². The van der Waals surface area contributed by atoms with Crippen molar-refractivity contribution < 1.29 is 9.13 Å². The Bertz CT molecular complexity index is 1200. The maximum Gasteiger partial charge on any atom is 0.132 e. The van der Waals surface area contributed by atoms with Crippen LogP contribution in [0.1, 0.15) is 22.6 Å². The van der Waals surface area contributed by atoms with E-state index in [4.69, 9.17) is 4.74 Å². The topological polar surface area (TPSA) is 47.9 Å². The first-order valence-corrected chi connectivity index (χ1v) is 10.3. The number of aromatic nitrogens is 3. The number of hydrogen-bond acceptors (Lipinski definition) is 5. The normalized spacial score (nSPS) is 14.2. The van der Waals surface area contributed by atoms with E-state index in [0.717, 1.165) is 40.1 Å². The van der Waals surface area contributed by atoms with Gasteiger partial charge in [-0.1, -0.05) is 24.3 Å². The molecule has 144 valence electrons. The number of ether oxygens (including phenoxy) is 1. The lowest BCUT2D eigenvalue weighted by Crippen LogP contribution is -2.03. The Hall–Kier alpha value is -2.96. The second-order valence-corrected chi connectivity index (χ2v) is 7.90. The Morgan fingerprint density at radius 1 is 1.07 bits per heavy atom. The minimum absolute atomic E-state index is 0.288. The summed E-state index contributed by atoms with van der Waals surface area (Å²) in [4.78, 5) is 13.2. The summed E-state index contributed by atoms with van der Waals surface area (Å²) in [6, 6.07) is 11.3. The van der Waals surface area contributed by atoms with Crippen molar-refractivity contribution in [1.82, 2.24) is 15.0 Å². The molecule has 0 aliphatic carbocycles. The molecular weight excluding hydrogens is 385 g/mol. The van der Waals surface area contributed by atoms with Gasteiger partial charge in [0.15, 0.2) is 0 Å².